The molecule has 0 fully saturated rings. The molecule has 0 saturated heterocycles. The number of sulfonamides is 1. The van der Waals surface area contributed by atoms with E-state index in [4.69, 9.17) is 0 Å². The number of aromatic nitrogens is 5. The number of hydrogen-bond donors (Lipinski definition) is 1. The van der Waals surface area contributed by atoms with Crippen molar-refractivity contribution >= 4 is 10.0 Å². The third-order valence-corrected chi connectivity index (χ3v) is 5.66. The van der Waals surface area contributed by atoms with Crippen LogP contribution in [0, 0.1) is 20.8 Å². The summed E-state index contributed by atoms with van der Waals surface area (Å²) in [4.78, 5) is 1.71. The molecule has 3 rings (SSSR count). The van der Waals surface area contributed by atoms with Gasteiger partial charge >= 0.3 is 0 Å². The van der Waals surface area contributed by atoms with Crippen LogP contribution in [0.3, 0.4) is 0 Å². The minimum Gasteiger partial charge on any atom is -0.271 e. The Kier molecular flexibility index (Phi) is 4.44. The van der Waals surface area contributed by atoms with Crippen molar-refractivity contribution in [2.75, 3.05) is 0 Å². The summed E-state index contributed by atoms with van der Waals surface area (Å²) < 4.78 is 29.4. The molecule has 0 unspecified atom stereocenters. The molecule has 0 aliphatic carbocycles. The molecule has 8 nitrogen and oxygen atoms in total. The van der Waals surface area contributed by atoms with Gasteiger partial charge in [-0.2, -0.15) is 20.1 Å². The van der Waals surface area contributed by atoms with Gasteiger partial charge in [0.1, 0.15) is 10.6 Å². The Labute approximate surface area is 146 Å². The van der Waals surface area contributed by atoms with Gasteiger partial charge in [0, 0.05) is 7.05 Å². The molecule has 2 aromatic heterocycles. The maximum Gasteiger partial charge on any atom is 0.244 e. The summed E-state index contributed by atoms with van der Waals surface area (Å²) in [5.41, 5.74) is 3.13. The minimum atomic E-state index is -3.68. The van der Waals surface area contributed by atoms with Crippen LogP contribution in [0.5, 0.6) is 0 Å². The largest absolute Gasteiger partial charge is 0.271 e. The first-order valence-corrected chi connectivity index (χ1v) is 9.26. The lowest BCUT2D eigenvalue weighted by atomic mass is 10.3. The Balaban J connectivity index is 1.83. The Morgan fingerprint density at radius 2 is 1.68 bits per heavy atom. The standard InChI is InChI=1S/C16H20N6O2S/c1-11-15(20-22(19-11)14-8-6-5-7-9-14)10-17-25(23,24)16-12(2)18-21(4)13(16)3/h5-9,17H,10H2,1-4H3. The highest BCUT2D eigenvalue weighted by atomic mass is 32.2. The van der Waals surface area contributed by atoms with E-state index in [1.165, 1.54) is 4.80 Å². The van der Waals surface area contributed by atoms with Gasteiger partial charge in [-0.3, -0.25) is 4.68 Å². The molecule has 2 heterocycles. The fraction of sp³-hybridized carbons (Fsp3) is 0.312. The van der Waals surface area contributed by atoms with Crippen LogP contribution >= 0.6 is 0 Å². The van der Waals surface area contributed by atoms with Gasteiger partial charge in [0.05, 0.1) is 29.3 Å². The highest BCUT2D eigenvalue weighted by molar-refractivity contribution is 7.89. The average Bonchev–Trinajstić information content (AvgIpc) is 3.06. The molecular formula is C16H20N6O2S. The maximum absolute atomic E-state index is 12.6. The molecule has 0 radical (unpaired) electrons. The number of benzene rings is 1. The molecule has 0 saturated carbocycles. The van der Waals surface area contributed by atoms with Gasteiger partial charge < -0.3 is 0 Å². The lowest BCUT2D eigenvalue weighted by Gasteiger charge is -2.06. The normalized spacial score (nSPS) is 11.8. The molecule has 25 heavy (non-hydrogen) atoms. The van der Waals surface area contributed by atoms with E-state index in [9.17, 15) is 8.42 Å². The molecule has 1 aromatic carbocycles. The molecule has 132 valence electrons. The molecule has 0 amide bonds. The van der Waals surface area contributed by atoms with E-state index < -0.39 is 10.0 Å². The second-order valence-electron chi connectivity index (χ2n) is 5.81. The van der Waals surface area contributed by atoms with Crippen LogP contribution < -0.4 is 4.72 Å². The molecule has 0 bridgehead atoms. The molecule has 0 aliphatic heterocycles. The van der Waals surface area contributed by atoms with E-state index in [2.05, 4.69) is 20.0 Å². The third kappa shape index (κ3) is 3.33. The SMILES string of the molecule is Cc1nn(-c2ccccc2)nc1CNS(=O)(=O)c1c(C)nn(C)c1C. The van der Waals surface area contributed by atoms with E-state index in [-0.39, 0.29) is 11.4 Å². The summed E-state index contributed by atoms with van der Waals surface area (Å²) in [7, 11) is -1.96. The summed E-state index contributed by atoms with van der Waals surface area (Å²) in [5.74, 6) is 0. The van der Waals surface area contributed by atoms with E-state index in [0.717, 1.165) is 5.69 Å². The highest BCUT2D eigenvalue weighted by Gasteiger charge is 2.24. The summed E-state index contributed by atoms with van der Waals surface area (Å²) >= 11 is 0. The zero-order valence-electron chi connectivity index (χ0n) is 14.6. The molecule has 1 N–H and O–H groups in total. The van der Waals surface area contributed by atoms with E-state index >= 15 is 0 Å². The number of aryl methyl sites for hydroxylation is 3. The van der Waals surface area contributed by atoms with Crippen LogP contribution in [0.4, 0.5) is 0 Å². The quantitative estimate of drug-likeness (QED) is 0.742. The number of nitrogens with one attached hydrogen (secondary N) is 1. The van der Waals surface area contributed by atoms with Crippen LogP contribution in [-0.2, 0) is 23.6 Å². The van der Waals surface area contributed by atoms with Crippen molar-refractivity contribution < 1.29 is 8.42 Å². The van der Waals surface area contributed by atoms with Crippen molar-refractivity contribution in [1.82, 2.24) is 29.5 Å². The van der Waals surface area contributed by atoms with Crippen molar-refractivity contribution in [3.05, 3.63) is 53.1 Å². The minimum absolute atomic E-state index is 0.0643. The molecular weight excluding hydrogens is 340 g/mol. The first kappa shape index (κ1) is 17.3. The topological polar surface area (TPSA) is 94.7 Å². The fourth-order valence-electron chi connectivity index (χ4n) is 2.63. The van der Waals surface area contributed by atoms with Gasteiger partial charge in [-0.1, -0.05) is 18.2 Å². The highest BCUT2D eigenvalue weighted by Crippen LogP contribution is 2.18. The van der Waals surface area contributed by atoms with Crippen molar-refractivity contribution in [2.45, 2.75) is 32.2 Å². The number of hydrogen-bond acceptors (Lipinski definition) is 5. The molecule has 0 aliphatic rings. The summed E-state index contributed by atoms with van der Waals surface area (Å²) in [5, 5.41) is 12.9. The predicted octanol–water partition coefficient (Wildman–Crippen LogP) is 1.40. The van der Waals surface area contributed by atoms with Gasteiger partial charge in [0.2, 0.25) is 10.0 Å². The van der Waals surface area contributed by atoms with E-state index in [1.54, 1.807) is 32.5 Å². The fourth-order valence-corrected chi connectivity index (χ4v) is 4.05. The Bertz CT molecular complexity index is 1000. The van der Waals surface area contributed by atoms with E-state index in [1.807, 2.05) is 30.3 Å². The van der Waals surface area contributed by atoms with Gasteiger partial charge in [0.25, 0.3) is 0 Å². The first-order chi connectivity index (χ1) is 11.8. The first-order valence-electron chi connectivity index (χ1n) is 7.77. The van der Waals surface area contributed by atoms with Crippen molar-refractivity contribution in [3.8, 4) is 5.69 Å². The molecule has 0 atom stereocenters. The number of rotatable bonds is 5. The smallest absolute Gasteiger partial charge is 0.244 e. The zero-order chi connectivity index (χ0) is 18.2. The second kappa shape index (κ2) is 6.41. The lowest BCUT2D eigenvalue weighted by Crippen LogP contribution is -2.25. The summed E-state index contributed by atoms with van der Waals surface area (Å²) in [6.45, 7) is 5.27. The Morgan fingerprint density at radius 1 is 1.00 bits per heavy atom. The Hall–Kier alpha value is -2.52. The van der Waals surface area contributed by atoms with E-state index in [0.29, 0.717) is 22.8 Å². The average molecular weight is 360 g/mol. The lowest BCUT2D eigenvalue weighted by molar-refractivity contribution is 0.578. The monoisotopic (exact) mass is 360 g/mol. The van der Waals surface area contributed by atoms with Crippen LogP contribution in [0.25, 0.3) is 5.69 Å². The van der Waals surface area contributed by atoms with Crippen molar-refractivity contribution in [3.63, 3.8) is 0 Å². The van der Waals surface area contributed by atoms with Gasteiger partial charge in [-0.05, 0) is 32.9 Å². The summed E-state index contributed by atoms with van der Waals surface area (Å²) in [6, 6.07) is 9.47. The van der Waals surface area contributed by atoms with Crippen LogP contribution in [0.2, 0.25) is 0 Å². The third-order valence-electron chi connectivity index (χ3n) is 4.01. The second-order valence-corrected chi connectivity index (χ2v) is 7.51. The van der Waals surface area contributed by atoms with Crippen LogP contribution in [0.1, 0.15) is 22.8 Å². The van der Waals surface area contributed by atoms with Crippen molar-refractivity contribution in [2.24, 2.45) is 7.05 Å². The zero-order valence-corrected chi connectivity index (χ0v) is 15.4. The molecule has 3 aromatic rings. The Morgan fingerprint density at radius 3 is 2.28 bits per heavy atom. The summed E-state index contributed by atoms with van der Waals surface area (Å²) in [6.07, 6.45) is 0. The van der Waals surface area contributed by atoms with Gasteiger partial charge in [0.15, 0.2) is 0 Å². The van der Waals surface area contributed by atoms with Crippen LogP contribution in [0.15, 0.2) is 35.2 Å². The predicted molar refractivity (Wildman–Crippen MR) is 92.8 cm³/mol. The van der Waals surface area contributed by atoms with Gasteiger partial charge in [-0.25, -0.2) is 13.1 Å². The molecule has 0 spiro atoms. The van der Waals surface area contributed by atoms with Gasteiger partial charge in [-0.15, -0.1) is 0 Å². The van der Waals surface area contributed by atoms with Crippen LogP contribution in [-0.4, -0.2) is 33.2 Å². The number of para-hydroxylation sites is 1. The maximum atomic E-state index is 12.6. The molecule has 9 heteroatoms. The van der Waals surface area contributed by atoms with Crippen molar-refractivity contribution in [1.29, 1.82) is 0 Å². The number of nitrogens with zero attached hydrogens (tertiary/aromatic N) is 5.